The first kappa shape index (κ1) is 6.47. The molecule has 1 rings (SSSR count). The molecule has 1 radical (unpaired) electrons. The maximum Gasteiger partial charge on any atom is 0.211 e. The number of nitrogens with two attached hydrogens (primary N) is 1. The van der Waals surface area contributed by atoms with Crippen molar-refractivity contribution in [2.75, 3.05) is 11.1 Å². The van der Waals surface area contributed by atoms with Crippen molar-refractivity contribution in [1.82, 2.24) is 9.97 Å². The van der Waals surface area contributed by atoms with E-state index in [4.69, 9.17) is 5.73 Å². The lowest BCUT2D eigenvalue weighted by Crippen LogP contribution is -2.01. The van der Waals surface area contributed by atoms with Crippen molar-refractivity contribution < 1.29 is 4.79 Å². The molecule has 0 saturated carbocycles. The Morgan fingerprint density at radius 1 is 1.80 bits per heavy atom. The lowest BCUT2D eigenvalue weighted by atomic mass is 10.5. The zero-order valence-corrected chi connectivity index (χ0v) is 5.03. The third-order valence-corrected chi connectivity index (χ3v) is 0.890. The Hall–Kier alpha value is -1.65. The van der Waals surface area contributed by atoms with Crippen LogP contribution in [-0.2, 0) is 4.79 Å². The molecule has 0 atom stereocenters. The van der Waals surface area contributed by atoms with E-state index in [0.29, 0.717) is 12.1 Å². The summed E-state index contributed by atoms with van der Waals surface area (Å²) in [5.41, 5.74) is 5.61. The van der Waals surface area contributed by atoms with Gasteiger partial charge < -0.3 is 11.1 Å². The number of nitrogens with one attached hydrogen (secondary N) is 1. The van der Waals surface area contributed by atoms with E-state index < -0.39 is 0 Å². The summed E-state index contributed by atoms with van der Waals surface area (Å²) in [5, 5.41) is 2.29. The van der Waals surface area contributed by atoms with Gasteiger partial charge in [-0.3, -0.25) is 4.79 Å². The van der Waals surface area contributed by atoms with Crippen LogP contribution >= 0.6 is 0 Å². The molecule has 1 amide bonds. The molecule has 5 nitrogen and oxygen atoms in total. The number of amides is 1. The van der Waals surface area contributed by atoms with Gasteiger partial charge in [0.15, 0.2) is 5.82 Å². The smallest absolute Gasteiger partial charge is 0.211 e. The van der Waals surface area contributed by atoms with E-state index in [1.807, 2.05) is 0 Å². The molecule has 0 aliphatic rings. The Morgan fingerprint density at radius 2 is 2.60 bits per heavy atom. The number of anilines is 2. The van der Waals surface area contributed by atoms with Crippen LogP contribution in [-0.4, -0.2) is 16.4 Å². The zero-order valence-electron chi connectivity index (χ0n) is 5.03. The fourth-order valence-corrected chi connectivity index (χ4v) is 0.471. The highest BCUT2D eigenvalue weighted by Gasteiger charge is 1.95. The molecule has 0 aliphatic carbocycles. The van der Waals surface area contributed by atoms with Crippen molar-refractivity contribution in [2.45, 2.75) is 0 Å². The third-order valence-electron chi connectivity index (χ3n) is 0.890. The molecule has 0 aliphatic heterocycles. The Labute approximate surface area is 57.3 Å². The highest BCUT2D eigenvalue weighted by molar-refractivity contribution is 5.76. The highest BCUT2D eigenvalue weighted by Crippen LogP contribution is 2.08. The molecular weight excluding hydrogens is 132 g/mol. The van der Waals surface area contributed by atoms with Crippen molar-refractivity contribution in [3.63, 3.8) is 0 Å². The van der Waals surface area contributed by atoms with Crippen LogP contribution in [0.4, 0.5) is 11.5 Å². The second-order valence-corrected chi connectivity index (χ2v) is 1.51. The summed E-state index contributed by atoms with van der Waals surface area (Å²) in [7, 11) is 0. The van der Waals surface area contributed by atoms with Gasteiger partial charge in [-0.15, -0.1) is 0 Å². The Bertz CT molecular complexity index is 237. The fourth-order valence-electron chi connectivity index (χ4n) is 0.471. The molecule has 51 valence electrons. The number of carbonyl (C=O) groups is 1. The summed E-state index contributed by atoms with van der Waals surface area (Å²) >= 11 is 0. The van der Waals surface area contributed by atoms with Crippen molar-refractivity contribution in [3.8, 4) is 0 Å². The van der Waals surface area contributed by atoms with Crippen LogP contribution in [0.3, 0.4) is 0 Å². The van der Waals surface area contributed by atoms with Crippen molar-refractivity contribution in [2.24, 2.45) is 0 Å². The van der Waals surface area contributed by atoms with E-state index in [1.165, 1.54) is 6.33 Å². The number of nitrogen functional groups attached to an aromatic ring is 1. The minimum Gasteiger partial charge on any atom is -0.382 e. The molecule has 1 aromatic heterocycles. The Morgan fingerprint density at radius 3 is 3.20 bits per heavy atom. The highest BCUT2D eigenvalue weighted by atomic mass is 16.1. The number of hydrogen-bond donors (Lipinski definition) is 2. The molecule has 0 fully saturated rings. The largest absolute Gasteiger partial charge is 0.382 e. The second kappa shape index (κ2) is 2.77. The lowest BCUT2D eigenvalue weighted by molar-refractivity contribution is -0.105. The zero-order chi connectivity index (χ0) is 7.40. The quantitative estimate of drug-likeness (QED) is 0.535. The lowest BCUT2D eigenvalue weighted by Gasteiger charge is -1.97. The van der Waals surface area contributed by atoms with Crippen LogP contribution in [0.25, 0.3) is 0 Å². The first-order valence-electron chi connectivity index (χ1n) is 2.53. The molecular formula is C5H5N4O. The van der Waals surface area contributed by atoms with E-state index in [-0.39, 0.29) is 5.82 Å². The first-order chi connectivity index (χ1) is 4.84. The number of nitrogens with zero attached hydrogens (tertiary/aromatic N) is 2. The molecule has 10 heavy (non-hydrogen) atoms. The topological polar surface area (TPSA) is 80.9 Å². The fraction of sp³-hybridized carbons (Fsp3) is 0. The molecule has 1 heterocycles. The third kappa shape index (κ3) is 1.19. The molecule has 0 saturated heterocycles. The van der Waals surface area contributed by atoms with E-state index in [9.17, 15) is 4.79 Å². The predicted molar refractivity (Wildman–Crippen MR) is 35.0 cm³/mol. The summed E-state index contributed by atoms with van der Waals surface area (Å²) in [5.74, 6) is 0.210. The summed E-state index contributed by atoms with van der Waals surface area (Å²) in [6.07, 6.45) is 4.20. The van der Waals surface area contributed by atoms with Gasteiger partial charge in [-0.05, 0) is 0 Å². The van der Waals surface area contributed by atoms with Gasteiger partial charge in [0, 0.05) is 0 Å². The number of aromatic nitrogens is 2. The molecule has 3 N–H and O–H groups in total. The average Bonchev–Trinajstić information content (AvgIpc) is 1.94. The van der Waals surface area contributed by atoms with Crippen molar-refractivity contribution >= 4 is 17.9 Å². The van der Waals surface area contributed by atoms with Gasteiger partial charge in [-0.1, -0.05) is 0 Å². The van der Waals surface area contributed by atoms with Crippen LogP contribution in [0.5, 0.6) is 0 Å². The van der Waals surface area contributed by atoms with E-state index in [0.717, 1.165) is 0 Å². The monoisotopic (exact) mass is 137 g/mol. The molecule has 1 aromatic rings. The van der Waals surface area contributed by atoms with Gasteiger partial charge in [0.1, 0.15) is 18.2 Å². The van der Waals surface area contributed by atoms with Gasteiger partial charge in [0.2, 0.25) is 6.41 Å². The van der Waals surface area contributed by atoms with E-state index >= 15 is 0 Å². The minimum absolute atomic E-state index is 0.210. The molecule has 5 heteroatoms. The number of hydrogen-bond acceptors (Lipinski definition) is 4. The van der Waals surface area contributed by atoms with Crippen LogP contribution in [0.15, 0.2) is 6.33 Å². The van der Waals surface area contributed by atoms with Gasteiger partial charge in [-0.2, -0.15) is 0 Å². The molecule has 0 spiro atoms. The number of rotatable bonds is 2. The van der Waals surface area contributed by atoms with Crippen LogP contribution in [0.1, 0.15) is 0 Å². The van der Waals surface area contributed by atoms with Gasteiger partial charge in [0.25, 0.3) is 0 Å². The van der Waals surface area contributed by atoms with Crippen LogP contribution in [0, 0.1) is 6.20 Å². The van der Waals surface area contributed by atoms with Crippen LogP contribution < -0.4 is 11.1 Å². The molecule has 0 unspecified atom stereocenters. The molecule has 0 aromatic carbocycles. The normalized spacial score (nSPS) is 8.80. The average molecular weight is 137 g/mol. The van der Waals surface area contributed by atoms with Gasteiger partial charge in [-0.25, -0.2) is 9.97 Å². The van der Waals surface area contributed by atoms with Crippen molar-refractivity contribution in [3.05, 3.63) is 12.5 Å². The van der Waals surface area contributed by atoms with E-state index in [1.54, 1.807) is 0 Å². The maximum atomic E-state index is 9.88. The van der Waals surface area contributed by atoms with Crippen LogP contribution in [0.2, 0.25) is 0 Å². The summed E-state index contributed by atoms with van der Waals surface area (Å²) in [6.45, 7) is 0. The Balaban J connectivity index is 2.91. The maximum absolute atomic E-state index is 9.88. The predicted octanol–water partition coefficient (Wildman–Crippen LogP) is -0.573. The minimum atomic E-state index is 0.210. The van der Waals surface area contributed by atoms with Gasteiger partial charge in [0.05, 0.1) is 0 Å². The number of carbonyl (C=O) groups excluding carboxylic acids is 1. The molecule has 0 bridgehead atoms. The summed E-state index contributed by atoms with van der Waals surface area (Å²) in [6, 6.07) is 0. The Kier molecular flexibility index (Phi) is 1.79. The standard InChI is InChI=1S/C5H5N4O/c6-5-4(9-3-10)1-7-2-8-5/h2-3H,(H,9,10)(H2,6,7,8). The summed E-state index contributed by atoms with van der Waals surface area (Å²) < 4.78 is 0. The van der Waals surface area contributed by atoms with Crippen molar-refractivity contribution in [1.29, 1.82) is 0 Å². The second-order valence-electron chi connectivity index (χ2n) is 1.51. The first-order valence-corrected chi connectivity index (χ1v) is 2.53. The van der Waals surface area contributed by atoms with Gasteiger partial charge >= 0.3 is 0 Å². The van der Waals surface area contributed by atoms with E-state index in [2.05, 4.69) is 21.5 Å². The SMILES string of the molecule is Nc1ncn[c]c1NC=O. The summed E-state index contributed by atoms with van der Waals surface area (Å²) in [4.78, 5) is 17.0.